The van der Waals surface area contributed by atoms with Gasteiger partial charge in [0.1, 0.15) is 0 Å². The first kappa shape index (κ1) is 23.9. The molecule has 160 valence electrons. The average molecular weight is 445 g/mol. The van der Waals surface area contributed by atoms with E-state index in [4.69, 9.17) is 8.61 Å². The molecule has 0 bridgehead atoms. The van der Waals surface area contributed by atoms with Gasteiger partial charge in [0.15, 0.2) is 8.32 Å². The number of thioether (sulfide) groups is 1. The second-order valence-corrected chi connectivity index (χ2v) is 17.0. The molecule has 0 heterocycles. The van der Waals surface area contributed by atoms with E-state index in [0.717, 1.165) is 30.6 Å². The Hall–Kier alpha value is -0.343. The van der Waals surface area contributed by atoms with Crippen molar-refractivity contribution >= 4 is 30.2 Å². The first-order chi connectivity index (χ1) is 13.0. The van der Waals surface area contributed by atoms with Crippen molar-refractivity contribution in [3.63, 3.8) is 0 Å². The Morgan fingerprint density at radius 1 is 1.11 bits per heavy atom. The molecule has 0 radical (unpaired) electrons. The molecule has 4 nitrogen and oxygen atoms in total. The lowest BCUT2D eigenvalue weighted by Gasteiger charge is -2.37. The van der Waals surface area contributed by atoms with Crippen LogP contribution in [0.25, 0.3) is 0 Å². The molecule has 0 spiro atoms. The number of benzene rings is 1. The van der Waals surface area contributed by atoms with Crippen LogP contribution in [0.1, 0.15) is 52.9 Å². The van der Waals surface area contributed by atoms with Gasteiger partial charge in [-0.05, 0) is 43.1 Å². The van der Waals surface area contributed by atoms with Crippen LogP contribution in [0.3, 0.4) is 0 Å². The Labute approximate surface area is 177 Å². The monoisotopic (exact) mass is 444 g/mol. The molecule has 0 amide bonds. The van der Waals surface area contributed by atoms with E-state index in [0.29, 0.717) is 6.61 Å². The van der Waals surface area contributed by atoms with E-state index < -0.39 is 18.4 Å². The lowest BCUT2D eigenvalue weighted by atomic mass is 9.98. The molecule has 0 N–H and O–H groups in total. The van der Waals surface area contributed by atoms with E-state index in [2.05, 4.69) is 33.9 Å². The summed E-state index contributed by atoms with van der Waals surface area (Å²) in [6.07, 6.45) is 4.81. The van der Waals surface area contributed by atoms with Gasteiger partial charge < -0.3 is 4.43 Å². The molecular weight excluding hydrogens is 408 g/mol. The standard InChI is InChI=1S/C21H36O4S2Si/c1-21(2,3)28(4,5)24-16-20(26-19-14-10-7-11-15-19)17-27(22,23)25-18-12-8-6-9-13-18/h7,10-11,14-15,18,20H,6,8-9,12-13,16-17H2,1-5H3. The van der Waals surface area contributed by atoms with E-state index >= 15 is 0 Å². The van der Waals surface area contributed by atoms with Crippen LogP contribution in [-0.4, -0.2) is 40.4 Å². The Kier molecular flexibility index (Phi) is 8.64. The zero-order valence-corrected chi connectivity index (χ0v) is 20.6. The molecule has 1 aliphatic rings. The molecule has 1 atom stereocenters. The Balaban J connectivity index is 2.06. The largest absolute Gasteiger partial charge is 0.416 e. The van der Waals surface area contributed by atoms with Gasteiger partial charge in [-0.15, -0.1) is 11.8 Å². The van der Waals surface area contributed by atoms with Crippen LogP contribution in [0.4, 0.5) is 0 Å². The van der Waals surface area contributed by atoms with Gasteiger partial charge in [0.05, 0.1) is 11.9 Å². The third kappa shape index (κ3) is 7.82. The zero-order valence-electron chi connectivity index (χ0n) is 17.9. The quantitative estimate of drug-likeness (QED) is 0.272. The van der Waals surface area contributed by atoms with Gasteiger partial charge >= 0.3 is 0 Å². The molecule has 0 aliphatic heterocycles. The minimum Gasteiger partial charge on any atom is -0.416 e. The predicted molar refractivity (Wildman–Crippen MR) is 121 cm³/mol. The van der Waals surface area contributed by atoms with Crippen LogP contribution in [0, 0.1) is 0 Å². The predicted octanol–water partition coefficient (Wildman–Crippen LogP) is 5.85. The Morgan fingerprint density at radius 3 is 2.29 bits per heavy atom. The second-order valence-electron chi connectivity index (χ2n) is 9.20. The average Bonchev–Trinajstić information content (AvgIpc) is 2.60. The maximum atomic E-state index is 12.7. The minimum absolute atomic E-state index is 0.0162. The molecule has 1 unspecified atom stereocenters. The van der Waals surface area contributed by atoms with Gasteiger partial charge in [-0.1, -0.05) is 58.2 Å². The summed E-state index contributed by atoms with van der Waals surface area (Å²) >= 11 is 1.57. The summed E-state index contributed by atoms with van der Waals surface area (Å²) in [6, 6.07) is 9.94. The molecule has 1 aromatic carbocycles. The molecule has 1 aliphatic carbocycles. The second kappa shape index (κ2) is 10.1. The number of hydrogen-bond donors (Lipinski definition) is 0. The van der Waals surface area contributed by atoms with Crippen molar-refractivity contribution in [2.45, 2.75) is 87.3 Å². The van der Waals surface area contributed by atoms with Crippen molar-refractivity contribution < 1.29 is 17.0 Å². The molecule has 7 heteroatoms. The van der Waals surface area contributed by atoms with Gasteiger partial charge in [0.25, 0.3) is 10.1 Å². The van der Waals surface area contributed by atoms with E-state index in [-0.39, 0.29) is 22.1 Å². The fourth-order valence-corrected chi connectivity index (χ4v) is 6.98. The van der Waals surface area contributed by atoms with Gasteiger partial charge in [-0.25, -0.2) is 0 Å². The van der Waals surface area contributed by atoms with Crippen LogP contribution in [0.15, 0.2) is 35.2 Å². The third-order valence-corrected chi connectivity index (χ3v) is 13.0. The summed E-state index contributed by atoms with van der Waals surface area (Å²) in [5.41, 5.74) is 0. The summed E-state index contributed by atoms with van der Waals surface area (Å²) in [6.45, 7) is 11.4. The van der Waals surface area contributed by atoms with E-state index in [1.165, 1.54) is 6.42 Å². The maximum Gasteiger partial charge on any atom is 0.268 e. The van der Waals surface area contributed by atoms with Crippen LogP contribution in [-0.2, 0) is 18.7 Å². The summed E-state index contributed by atoms with van der Waals surface area (Å²) in [4.78, 5) is 1.05. The van der Waals surface area contributed by atoms with Crippen molar-refractivity contribution in [3.05, 3.63) is 30.3 Å². The molecule has 1 aromatic rings. The molecule has 2 rings (SSSR count). The summed E-state index contributed by atoms with van der Waals surface area (Å²) < 4.78 is 37.4. The summed E-state index contributed by atoms with van der Waals surface area (Å²) in [5.74, 6) is -0.0162. The van der Waals surface area contributed by atoms with Gasteiger partial charge in [0.2, 0.25) is 0 Å². The SMILES string of the molecule is CC(C)(C)[Si](C)(C)OCC(CS(=O)(=O)OC1CCCCC1)Sc1ccccc1. The Bertz CT molecular complexity index is 693. The van der Waals surface area contributed by atoms with Gasteiger partial charge in [-0.2, -0.15) is 8.42 Å². The van der Waals surface area contributed by atoms with Gasteiger partial charge in [-0.3, -0.25) is 4.18 Å². The van der Waals surface area contributed by atoms with Crippen LogP contribution >= 0.6 is 11.8 Å². The summed E-state index contributed by atoms with van der Waals surface area (Å²) in [7, 11) is -5.54. The maximum absolute atomic E-state index is 12.7. The van der Waals surface area contributed by atoms with Crippen LogP contribution < -0.4 is 0 Å². The van der Waals surface area contributed by atoms with Crippen molar-refractivity contribution in [1.82, 2.24) is 0 Å². The molecule has 28 heavy (non-hydrogen) atoms. The van der Waals surface area contributed by atoms with Crippen molar-refractivity contribution in [2.75, 3.05) is 12.4 Å². The Morgan fingerprint density at radius 2 is 1.71 bits per heavy atom. The fraction of sp³-hybridized carbons (Fsp3) is 0.714. The fourth-order valence-electron chi connectivity index (χ4n) is 2.96. The van der Waals surface area contributed by atoms with Crippen LogP contribution in [0.5, 0.6) is 0 Å². The van der Waals surface area contributed by atoms with E-state index in [9.17, 15) is 8.42 Å². The van der Waals surface area contributed by atoms with Crippen molar-refractivity contribution in [3.8, 4) is 0 Å². The molecule has 1 fully saturated rings. The van der Waals surface area contributed by atoms with E-state index in [1.54, 1.807) is 11.8 Å². The van der Waals surface area contributed by atoms with Crippen molar-refractivity contribution in [1.29, 1.82) is 0 Å². The first-order valence-corrected chi connectivity index (χ1v) is 15.6. The third-order valence-electron chi connectivity index (χ3n) is 5.71. The normalized spacial score (nSPS) is 18.2. The van der Waals surface area contributed by atoms with Crippen molar-refractivity contribution in [2.24, 2.45) is 0 Å². The van der Waals surface area contributed by atoms with Gasteiger partial charge in [0, 0.05) is 16.8 Å². The highest BCUT2D eigenvalue weighted by molar-refractivity contribution is 8.01. The highest BCUT2D eigenvalue weighted by Gasteiger charge is 2.38. The zero-order chi connectivity index (χ0) is 20.8. The highest BCUT2D eigenvalue weighted by Crippen LogP contribution is 2.37. The molecule has 0 saturated heterocycles. The lowest BCUT2D eigenvalue weighted by Crippen LogP contribution is -2.43. The first-order valence-electron chi connectivity index (χ1n) is 10.3. The topological polar surface area (TPSA) is 52.6 Å². The highest BCUT2D eigenvalue weighted by atomic mass is 32.2. The minimum atomic E-state index is -3.59. The smallest absolute Gasteiger partial charge is 0.268 e. The summed E-state index contributed by atoms with van der Waals surface area (Å²) in [5, 5.41) is -0.1000. The lowest BCUT2D eigenvalue weighted by molar-refractivity contribution is 0.161. The number of rotatable bonds is 9. The molecular formula is C21H36O4S2Si. The van der Waals surface area contributed by atoms with Crippen LogP contribution in [0.2, 0.25) is 18.1 Å². The molecule has 1 saturated carbocycles. The van der Waals surface area contributed by atoms with E-state index in [1.807, 2.05) is 30.3 Å². The molecule has 0 aromatic heterocycles. The number of hydrogen-bond acceptors (Lipinski definition) is 5.